The lowest BCUT2D eigenvalue weighted by molar-refractivity contribution is 0.0953. The van der Waals surface area contributed by atoms with Gasteiger partial charge in [-0.05, 0) is 76.7 Å². The van der Waals surface area contributed by atoms with Gasteiger partial charge in [-0.1, -0.05) is 54.6 Å². The van der Waals surface area contributed by atoms with Crippen LogP contribution in [-0.4, -0.2) is 24.6 Å². The summed E-state index contributed by atoms with van der Waals surface area (Å²) in [6.07, 6.45) is 0. The van der Waals surface area contributed by atoms with Gasteiger partial charge in [0, 0.05) is 16.5 Å². The number of carbonyl (C=O) groups excluding carboxylic acids is 2. The molecule has 0 saturated heterocycles. The lowest BCUT2D eigenvalue weighted by Crippen LogP contribution is -2.26. The maximum atomic E-state index is 13.1. The van der Waals surface area contributed by atoms with E-state index in [0.717, 1.165) is 49.7 Å². The molecule has 0 aromatic heterocycles. The maximum Gasteiger partial charge on any atom is 0.271 e. The Morgan fingerprint density at radius 1 is 0.842 bits per heavy atom. The van der Waals surface area contributed by atoms with E-state index in [9.17, 15) is 9.59 Å². The molecule has 0 atom stereocenters. The first kappa shape index (κ1) is 23.4. The number of anilines is 1. The highest BCUT2D eigenvalue weighted by molar-refractivity contribution is 6.24. The van der Waals surface area contributed by atoms with Crippen molar-refractivity contribution in [2.24, 2.45) is 5.10 Å². The molecule has 5 aromatic rings. The first-order chi connectivity index (χ1) is 18.5. The van der Waals surface area contributed by atoms with Crippen molar-refractivity contribution in [3.05, 3.63) is 119 Å². The van der Waals surface area contributed by atoms with Crippen LogP contribution >= 0.6 is 0 Å². The van der Waals surface area contributed by atoms with Crippen LogP contribution in [0.1, 0.15) is 38.8 Å². The zero-order valence-electron chi connectivity index (χ0n) is 21.1. The highest BCUT2D eigenvalue weighted by atomic mass is 16.5. The molecule has 0 radical (unpaired) electrons. The van der Waals surface area contributed by atoms with Gasteiger partial charge in [0.05, 0.1) is 25.1 Å². The second kappa shape index (κ2) is 9.48. The van der Waals surface area contributed by atoms with Crippen molar-refractivity contribution >= 4 is 44.8 Å². The molecule has 5 aromatic carbocycles. The number of carbonyl (C=O) groups is 2. The summed E-state index contributed by atoms with van der Waals surface area (Å²) in [5.41, 5.74) is 7.36. The van der Waals surface area contributed by atoms with Crippen LogP contribution in [-0.2, 0) is 6.54 Å². The summed E-state index contributed by atoms with van der Waals surface area (Å²) in [6.45, 7) is 2.29. The number of hydrogen-bond acceptors (Lipinski definition) is 4. The van der Waals surface area contributed by atoms with Gasteiger partial charge in [0.15, 0.2) is 0 Å². The Morgan fingerprint density at radius 2 is 1.55 bits per heavy atom. The fraction of sp³-hybridized carbons (Fsp3) is 0.0938. The van der Waals surface area contributed by atoms with Crippen molar-refractivity contribution in [1.29, 1.82) is 0 Å². The maximum absolute atomic E-state index is 13.1. The van der Waals surface area contributed by atoms with Gasteiger partial charge in [0.1, 0.15) is 5.75 Å². The minimum atomic E-state index is -0.296. The molecule has 6 rings (SSSR count). The SMILES string of the molecule is COc1ccc2cc(C(C)=NNC(=O)c3ccc(CN4C(=O)c5cccc6cccc4c56)cc3)ccc2c1. The smallest absolute Gasteiger partial charge is 0.271 e. The number of hydrogen-bond donors (Lipinski definition) is 1. The third kappa shape index (κ3) is 4.16. The molecule has 0 bridgehead atoms. The Balaban J connectivity index is 1.14. The quantitative estimate of drug-likeness (QED) is 0.220. The van der Waals surface area contributed by atoms with Gasteiger partial charge in [-0.3, -0.25) is 9.59 Å². The Kier molecular flexibility index (Phi) is 5.85. The summed E-state index contributed by atoms with van der Waals surface area (Å²) in [5, 5.41) is 8.50. The van der Waals surface area contributed by atoms with E-state index in [4.69, 9.17) is 4.74 Å². The largest absolute Gasteiger partial charge is 0.497 e. The monoisotopic (exact) mass is 499 g/mol. The number of hydrazone groups is 1. The van der Waals surface area contributed by atoms with Crippen LogP contribution in [0.4, 0.5) is 5.69 Å². The average Bonchev–Trinajstić information content (AvgIpc) is 3.23. The first-order valence-corrected chi connectivity index (χ1v) is 12.4. The van der Waals surface area contributed by atoms with Gasteiger partial charge in [0.2, 0.25) is 0 Å². The van der Waals surface area contributed by atoms with Crippen LogP contribution in [0.2, 0.25) is 0 Å². The highest BCUT2D eigenvalue weighted by Crippen LogP contribution is 2.38. The second-order valence-corrected chi connectivity index (χ2v) is 9.34. The molecular weight excluding hydrogens is 474 g/mol. The topological polar surface area (TPSA) is 71.0 Å². The van der Waals surface area contributed by atoms with Gasteiger partial charge in [-0.25, -0.2) is 5.43 Å². The van der Waals surface area contributed by atoms with E-state index < -0.39 is 0 Å². The van der Waals surface area contributed by atoms with Crippen LogP contribution in [0.5, 0.6) is 5.75 Å². The fourth-order valence-corrected chi connectivity index (χ4v) is 4.92. The van der Waals surface area contributed by atoms with Crippen molar-refractivity contribution in [3.8, 4) is 5.75 Å². The number of nitrogens with zero attached hydrogens (tertiary/aromatic N) is 2. The Hall–Kier alpha value is -4.97. The Labute approximate surface area is 220 Å². The predicted octanol–water partition coefficient (Wildman–Crippen LogP) is 6.32. The number of nitrogens with one attached hydrogen (secondary N) is 1. The molecule has 1 heterocycles. The summed E-state index contributed by atoms with van der Waals surface area (Å²) < 4.78 is 5.29. The molecule has 0 aliphatic carbocycles. The van der Waals surface area contributed by atoms with Crippen LogP contribution in [0.15, 0.2) is 102 Å². The molecule has 6 nitrogen and oxygen atoms in total. The van der Waals surface area contributed by atoms with Crippen molar-refractivity contribution in [1.82, 2.24) is 5.43 Å². The van der Waals surface area contributed by atoms with Crippen LogP contribution in [0.3, 0.4) is 0 Å². The van der Waals surface area contributed by atoms with Crippen molar-refractivity contribution in [2.75, 3.05) is 12.0 Å². The standard InChI is InChI=1S/C32H25N3O3/c1-20(24-13-14-26-18-27(38-2)16-15-25(26)17-24)33-34-31(36)23-11-9-21(10-12-23)19-35-29-8-4-6-22-5-3-7-28(30(22)29)32(35)37/h3-18H,19H2,1-2H3,(H,34,36). The van der Waals surface area contributed by atoms with Crippen LogP contribution in [0, 0.1) is 0 Å². The zero-order valence-corrected chi connectivity index (χ0v) is 21.1. The van der Waals surface area contributed by atoms with Gasteiger partial charge in [-0.15, -0.1) is 0 Å². The zero-order chi connectivity index (χ0) is 26.2. The molecule has 38 heavy (non-hydrogen) atoms. The molecule has 2 amide bonds. The molecule has 0 fully saturated rings. The molecule has 0 unspecified atom stereocenters. The minimum absolute atomic E-state index is 0.00346. The van der Waals surface area contributed by atoms with E-state index in [2.05, 4.69) is 10.5 Å². The second-order valence-electron chi connectivity index (χ2n) is 9.34. The number of amides is 2. The van der Waals surface area contributed by atoms with Crippen molar-refractivity contribution < 1.29 is 14.3 Å². The van der Waals surface area contributed by atoms with Gasteiger partial charge >= 0.3 is 0 Å². The van der Waals surface area contributed by atoms with Gasteiger partial charge in [0.25, 0.3) is 11.8 Å². The normalized spacial score (nSPS) is 12.8. The summed E-state index contributed by atoms with van der Waals surface area (Å²) in [4.78, 5) is 27.6. The van der Waals surface area contributed by atoms with Crippen molar-refractivity contribution in [2.45, 2.75) is 13.5 Å². The summed E-state index contributed by atoms with van der Waals surface area (Å²) in [7, 11) is 1.65. The van der Waals surface area contributed by atoms with Crippen LogP contribution in [0.25, 0.3) is 21.5 Å². The average molecular weight is 500 g/mol. The Morgan fingerprint density at radius 3 is 2.34 bits per heavy atom. The third-order valence-electron chi connectivity index (χ3n) is 7.00. The summed E-state index contributed by atoms with van der Waals surface area (Å²) in [6, 6.07) is 31.0. The van der Waals surface area contributed by atoms with E-state index in [0.29, 0.717) is 17.8 Å². The lowest BCUT2D eigenvalue weighted by Gasteiger charge is -2.18. The van der Waals surface area contributed by atoms with Gasteiger partial charge in [-0.2, -0.15) is 5.10 Å². The highest BCUT2D eigenvalue weighted by Gasteiger charge is 2.29. The molecule has 1 aliphatic heterocycles. The van der Waals surface area contributed by atoms with E-state index in [1.54, 1.807) is 24.1 Å². The molecule has 0 saturated carbocycles. The lowest BCUT2D eigenvalue weighted by atomic mass is 10.0. The first-order valence-electron chi connectivity index (χ1n) is 12.4. The third-order valence-corrected chi connectivity index (χ3v) is 7.00. The van der Waals surface area contributed by atoms with E-state index >= 15 is 0 Å². The summed E-state index contributed by atoms with van der Waals surface area (Å²) in [5.74, 6) is 0.510. The molecular formula is C32H25N3O3. The number of fused-ring (bicyclic) bond motifs is 1. The fourth-order valence-electron chi connectivity index (χ4n) is 4.92. The summed E-state index contributed by atoms with van der Waals surface area (Å²) >= 11 is 0. The number of rotatable bonds is 6. The molecule has 186 valence electrons. The van der Waals surface area contributed by atoms with E-state index in [1.165, 1.54) is 0 Å². The molecule has 1 aliphatic rings. The van der Waals surface area contributed by atoms with E-state index in [1.807, 2.05) is 91.9 Å². The van der Waals surface area contributed by atoms with E-state index in [-0.39, 0.29) is 11.8 Å². The van der Waals surface area contributed by atoms with Crippen molar-refractivity contribution in [3.63, 3.8) is 0 Å². The predicted molar refractivity (Wildman–Crippen MR) is 151 cm³/mol. The minimum Gasteiger partial charge on any atom is -0.497 e. The number of ether oxygens (including phenoxy) is 1. The van der Waals surface area contributed by atoms with Crippen LogP contribution < -0.4 is 15.1 Å². The number of benzene rings is 5. The molecule has 0 spiro atoms. The number of methoxy groups -OCH3 is 1. The molecule has 1 N–H and O–H groups in total. The Bertz CT molecular complexity index is 1750. The van der Waals surface area contributed by atoms with Gasteiger partial charge < -0.3 is 9.64 Å². The molecule has 6 heteroatoms.